The topological polar surface area (TPSA) is 81.5 Å². The molecule has 1 fully saturated rings. The Labute approximate surface area is 215 Å². The van der Waals surface area contributed by atoms with Gasteiger partial charge in [0.25, 0.3) is 0 Å². The van der Waals surface area contributed by atoms with E-state index in [2.05, 4.69) is 10.3 Å². The van der Waals surface area contributed by atoms with E-state index in [4.69, 9.17) is 14.5 Å². The first-order valence-corrected chi connectivity index (χ1v) is 12.3. The van der Waals surface area contributed by atoms with Crippen LogP contribution in [-0.2, 0) is 23.0 Å². The summed E-state index contributed by atoms with van der Waals surface area (Å²) in [7, 11) is 5.65. The SMILES string of the molecule is CN(C)CC(=O)Cc1cc(Oc2ccc3c(c2)nc(Nc2ccc(F)c(C4CCOC4)c2)n3C)ccn1. The molecule has 8 nitrogen and oxygen atoms in total. The molecule has 2 aromatic heterocycles. The number of hydrogen-bond acceptors (Lipinski definition) is 7. The number of Topliss-reactive ketones (excluding diaryl/α,β-unsaturated/α-hetero) is 1. The molecule has 0 bridgehead atoms. The second-order valence-corrected chi connectivity index (χ2v) is 9.60. The van der Waals surface area contributed by atoms with Crippen LogP contribution in [0.3, 0.4) is 0 Å². The van der Waals surface area contributed by atoms with Crippen LogP contribution in [-0.4, -0.2) is 59.1 Å². The molecule has 2 aromatic carbocycles. The average Bonchev–Trinajstić information content (AvgIpc) is 3.48. The molecule has 0 spiro atoms. The van der Waals surface area contributed by atoms with Gasteiger partial charge in [-0.05, 0) is 62.5 Å². The number of likely N-dealkylation sites (N-methyl/N-ethyl adjacent to an activating group) is 1. The lowest BCUT2D eigenvalue weighted by molar-refractivity contribution is -0.119. The molecule has 1 saturated heterocycles. The minimum absolute atomic E-state index is 0.0710. The predicted molar refractivity (Wildman–Crippen MR) is 140 cm³/mol. The Morgan fingerprint density at radius 2 is 2.03 bits per heavy atom. The third-order valence-corrected chi connectivity index (χ3v) is 6.37. The molecule has 1 aliphatic heterocycles. The third kappa shape index (κ3) is 5.79. The molecule has 1 atom stereocenters. The van der Waals surface area contributed by atoms with Crippen molar-refractivity contribution >= 4 is 28.5 Å². The molecule has 192 valence electrons. The maximum Gasteiger partial charge on any atom is 0.208 e. The summed E-state index contributed by atoms with van der Waals surface area (Å²) in [4.78, 5) is 23.0. The number of halogens is 1. The van der Waals surface area contributed by atoms with E-state index < -0.39 is 0 Å². The number of carbonyl (C=O) groups excluding carboxylic acids is 1. The number of benzene rings is 2. The molecule has 37 heavy (non-hydrogen) atoms. The van der Waals surface area contributed by atoms with Crippen LogP contribution < -0.4 is 10.1 Å². The first kappa shape index (κ1) is 24.9. The van der Waals surface area contributed by atoms with Gasteiger partial charge in [0.15, 0.2) is 5.78 Å². The van der Waals surface area contributed by atoms with Gasteiger partial charge in [-0.1, -0.05) is 0 Å². The zero-order valence-electron chi connectivity index (χ0n) is 21.2. The minimum Gasteiger partial charge on any atom is -0.457 e. The first-order valence-electron chi connectivity index (χ1n) is 12.3. The summed E-state index contributed by atoms with van der Waals surface area (Å²) in [5, 5.41) is 3.32. The van der Waals surface area contributed by atoms with Gasteiger partial charge >= 0.3 is 0 Å². The number of fused-ring (bicyclic) bond motifs is 1. The maximum absolute atomic E-state index is 14.4. The Bertz CT molecular complexity index is 1430. The number of ketones is 1. The lowest BCUT2D eigenvalue weighted by atomic mass is 9.97. The van der Waals surface area contributed by atoms with Gasteiger partial charge in [-0.15, -0.1) is 0 Å². The van der Waals surface area contributed by atoms with Crippen LogP contribution in [0.15, 0.2) is 54.7 Å². The van der Waals surface area contributed by atoms with Crippen LogP contribution >= 0.6 is 0 Å². The summed E-state index contributed by atoms with van der Waals surface area (Å²) in [5.74, 6) is 1.81. The van der Waals surface area contributed by atoms with Crippen LogP contribution in [0.4, 0.5) is 16.0 Å². The number of hydrogen-bond donors (Lipinski definition) is 1. The number of carbonyl (C=O) groups is 1. The molecule has 0 amide bonds. The van der Waals surface area contributed by atoms with Gasteiger partial charge in [-0.3, -0.25) is 9.78 Å². The summed E-state index contributed by atoms with van der Waals surface area (Å²) >= 11 is 0. The van der Waals surface area contributed by atoms with Gasteiger partial charge in [0, 0.05) is 43.6 Å². The van der Waals surface area contributed by atoms with E-state index in [0.717, 1.165) is 23.1 Å². The number of ether oxygens (including phenoxy) is 2. The molecule has 4 aromatic rings. The Kier molecular flexibility index (Phi) is 7.16. The number of aromatic nitrogens is 3. The number of aryl methyl sites for hydroxylation is 1. The normalized spacial score (nSPS) is 15.4. The number of pyridine rings is 1. The fraction of sp³-hybridized carbons (Fsp3) is 0.321. The van der Waals surface area contributed by atoms with Crippen LogP contribution in [0.2, 0.25) is 0 Å². The van der Waals surface area contributed by atoms with Gasteiger partial charge in [0.1, 0.15) is 17.3 Å². The first-order chi connectivity index (χ1) is 17.9. The molecular weight excluding hydrogens is 473 g/mol. The van der Waals surface area contributed by atoms with Crippen molar-refractivity contribution in [2.45, 2.75) is 18.8 Å². The number of anilines is 2. The monoisotopic (exact) mass is 503 g/mol. The lowest BCUT2D eigenvalue weighted by Gasteiger charge is -2.13. The van der Waals surface area contributed by atoms with Crippen molar-refractivity contribution in [2.24, 2.45) is 7.05 Å². The average molecular weight is 504 g/mol. The lowest BCUT2D eigenvalue weighted by Crippen LogP contribution is -2.23. The highest BCUT2D eigenvalue weighted by Gasteiger charge is 2.21. The van der Waals surface area contributed by atoms with Crippen LogP contribution in [0.5, 0.6) is 11.5 Å². The molecule has 3 heterocycles. The molecule has 0 radical (unpaired) electrons. The molecule has 9 heteroatoms. The van der Waals surface area contributed by atoms with E-state index in [1.165, 1.54) is 6.07 Å². The number of nitrogens with one attached hydrogen (secondary N) is 1. The van der Waals surface area contributed by atoms with Gasteiger partial charge in [-0.25, -0.2) is 9.37 Å². The van der Waals surface area contributed by atoms with E-state index in [9.17, 15) is 9.18 Å². The van der Waals surface area contributed by atoms with Gasteiger partial charge in [0.2, 0.25) is 5.95 Å². The zero-order chi connectivity index (χ0) is 25.9. The Morgan fingerprint density at radius 3 is 2.81 bits per heavy atom. The fourth-order valence-electron chi connectivity index (χ4n) is 4.56. The number of imidazole rings is 1. The Morgan fingerprint density at radius 1 is 1.19 bits per heavy atom. The summed E-state index contributed by atoms with van der Waals surface area (Å²) in [6.07, 6.45) is 2.72. The summed E-state index contributed by atoms with van der Waals surface area (Å²) in [6.45, 7) is 1.57. The van der Waals surface area contributed by atoms with E-state index in [1.807, 2.05) is 54.9 Å². The van der Waals surface area contributed by atoms with Crippen LogP contribution in [0.1, 0.15) is 23.6 Å². The molecule has 1 aliphatic rings. The fourth-order valence-corrected chi connectivity index (χ4v) is 4.56. The predicted octanol–water partition coefficient (Wildman–Crippen LogP) is 4.82. The molecule has 5 rings (SSSR count). The van der Waals surface area contributed by atoms with Gasteiger partial charge in [-0.2, -0.15) is 0 Å². The standard InChI is InChI=1S/C28H30FN5O3/c1-33(2)16-21(35)12-20-13-23(8-10-30-20)37-22-5-7-27-26(15-22)32-28(34(27)3)31-19-4-6-25(29)24(14-19)18-9-11-36-17-18/h4-8,10,13-15,18H,9,11-12,16-17H2,1-3H3,(H,31,32). The summed E-state index contributed by atoms with van der Waals surface area (Å²) < 4.78 is 27.9. The summed E-state index contributed by atoms with van der Waals surface area (Å²) in [6, 6.07) is 14.3. The quantitative estimate of drug-likeness (QED) is 0.351. The smallest absolute Gasteiger partial charge is 0.208 e. The highest BCUT2D eigenvalue weighted by molar-refractivity contribution is 5.82. The second kappa shape index (κ2) is 10.7. The number of nitrogens with zero attached hydrogens (tertiary/aromatic N) is 4. The van der Waals surface area contributed by atoms with E-state index in [0.29, 0.717) is 48.5 Å². The third-order valence-electron chi connectivity index (χ3n) is 6.37. The summed E-state index contributed by atoms with van der Waals surface area (Å²) in [5.41, 5.74) is 3.77. The van der Waals surface area contributed by atoms with E-state index >= 15 is 0 Å². The minimum atomic E-state index is -0.214. The maximum atomic E-state index is 14.4. The van der Waals surface area contributed by atoms with Gasteiger partial charge in [0.05, 0.1) is 36.3 Å². The van der Waals surface area contributed by atoms with Crippen molar-refractivity contribution in [3.8, 4) is 11.5 Å². The van der Waals surface area contributed by atoms with Crippen LogP contribution in [0.25, 0.3) is 11.0 Å². The van der Waals surface area contributed by atoms with Crippen molar-refractivity contribution in [1.29, 1.82) is 0 Å². The molecule has 1 unspecified atom stereocenters. The van der Waals surface area contributed by atoms with Crippen LogP contribution in [0, 0.1) is 5.82 Å². The highest BCUT2D eigenvalue weighted by Crippen LogP contribution is 2.32. The molecule has 0 aliphatic carbocycles. The van der Waals surface area contributed by atoms with Crippen molar-refractivity contribution in [3.05, 3.63) is 71.8 Å². The van der Waals surface area contributed by atoms with E-state index in [-0.39, 0.29) is 23.9 Å². The van der Waals surface area contributed by atoms with Crippen molar-refractivity contribution in [1.82, 2.24) is 19.4 Å². The Hall–Kier alpha value is -3.82. The van der Waals surface area contributed by atoms with Crippen molar-refractivity contribution < 1.29 is 18.7 Å². The van der Waals surface area contributed by atoms with E-state index in [1.54, 1.807) is 24.4 Å². The Balaban J connectivity index is 1.33. The highest BCUT2D eigenvalue weighted by atomic mass is 19.1. The molecule has 0 saturated carbocycles. The van der Waals surface area contributed by atoms with Crippen molar-refractivity contribution in [2.75, 3.05) is 39.2 Å². The van der Waals surface area contributed by atoms with Gasteiger partial charge < -0.3 is 24.3 Å². The van der Waals surface area contributed by atoms with Crippen molar-refractivity contribution in [3.63, 3.8) is 0 Å². The zero-order valence-corrected chi connectivity index (χ0v) is 21.2. The molecule has 1 N–H and O–H groups in total. The number of rotatable bonds is 9. The molecular formula is C28H30FN5O3. The largest absolute Gasteiger partial charge is 0.457 e. The second-order valence-electron chi connectivity index (χ2n) is 9.60.